The number of aliphatic hydroxyl groups is 1. The van der Waals surface area contributed by atoms with Crippen LogP contribution in [0, 0.1) is 18.8 Å². The Balaban J connectivity index is 1.63. The van der Waals surface area contributed by atoms with Gasteiger partial charge in [-0.1, -0.05) is 30.2 Å². The minimum Gasteiger partial charge on any atom is -0.436 e. The number of amides is 1. The Morgan fingerprint density at radius 1 is 1.33 bits per heavy atom. The number of aliphatic hydroxyl groups excluding tert-OH is 1. The van der Waals surface area contributed by atoms with Crippen molar-refractivity contribution in [3.8, 4) is 17.7 Å². The molecule has 1 amide bonds. The summed E-state index contributed by atoms with van der Waals surface area (Å²) in [4.78, 5) is 17.7. The highest BCUT2D eigenvalue weighted by molar-refractivity contribution is 5.73. The minimum atomic E-state index is -1.27. The van der Waals surface area contributed by atoms with Gasteiger partial charge in [0.15, 0.2) is 0 Å². The zero-order chi connectivity index (χ0) is 19.2. The van der Waals surface area contributed by atoms with Crippen LogP contribution in [0.2, 0.25) is 0 Å². The molecule has 0 aliphatic carbocycles. The third kappa shape index (κ3) is 5.22. The highest BCUT2D eigenvalue weighted by Crippen LogP contribution is 2.21. The SMILES string of the molecule is CC(=O)NC1CCN(c2cccc(OC(O)C#Cc3ccccc3C)n2)C1. The number of hydrogen-bond acceptors (Lipinski definition) is 5. The van der Waals surface area contributed by atoms with Gasteiger partial charge in [-0.3, -0.25) is 4.79 Å². The molecule has 1 aromatic heterocycles. The fourth-order valence-corrected chi connectivity index (χ4v) is 3.02. The van der Waals surface area contributed by atoms with Crippen LogP contribution in [-0.2, 0) is 4.79 Å². The van der Waals surface area contributed by atoms with E-state index in [4.69, 9.17) is 4.74 Å². The molecule has 0 radical (unpaired) electrons. The summed E-state index contributed by atoms with van der Waals surface area (Å²) < 4.78 is 5.44. The van der Waals surface area contributed by atoms with E-state index in [0.29, 0.717) is 12.4 Å². The Kier molecular flexibility index (Phi) is 5.94. The Bertz CT molecular complexity index is 872. The molecule has 2 heterocycles. The highest BCUT2D eigenvalue weighted by Gasteiger charge is 2.24. The lowest BCUT2D eigenvalue weighted by Gasteiger charge is -2.18. The first-order valence-electron chi connectivity index (χ1n) is 8.92. The van der Waals surface area contributed by atoms with Gasteiger partial charge in [-0.15, -0.1) is 0 Å². The molecule has 0 spiro atoms. The summed E-state index contributed by atoms with van der Waals surface area (Å²) in [7, 11) is 0. The Hall–Kier alpha value is -3.04. The molecular formula is C21H23N3O3. The van der Waals surface area contributed by atoms with Gasteiger partial charge in [-0.25, -0.2) is 0 Å². The molecule has 2 aromatic rings. The van der Waals surface area contributed by atoms with Crippen LogP contribution in [0.4, 0.5) is 5.82 Å². The highest BCUT2D eigenvalue weighted by atomic mass is 16.6. The Morgan fingerprint density at radius 2 is 2.15 bits per heavy atom. The van der Waals surface area contributed by atoms with E-state index in [1.54, 1.807) is 6.07 Å². The van der Waals surface area contributed by atoms with E-state index in [2.05, 4.69) is 27.0 Å². The summed E-state index contributed by atoms with van der Waals surface area (Å²) in [5.74, 6) is 6.64. The Morgan fingerprint density at radius 3 is 2.93 bits per heavy atom. The normalized spacial score (nSPS) is 17.0. The van der Waals surface area contributed by atoms with Crippen molar-refractivity contribution in [1.82, 2.24) is 10.3 Å². The van der Waals surface area contributed by atoms with Gasteiger partial charge in [0.2, 0.25) is 11.8 Å². The average molecular weight is 365 g/mol. The molecule has 3 rings (SSSR count). The second-order valence-electron chi connectivity index (χ2n) is 6.52. The van der Waals surface area contributed by atoms with Crippen LogP contribution >= 0.6 is 0 Å². The molecule has 2 unspecified atom stereocenters. The van der Waals surface area contributed by atoms with E-state index in [9.17, 15) is 9.90 Å². The van der Waals surface area contributed by atoms with Crippen molar-refractivity contribution >= 4 is 11.7 Å². The van der Waals surface area contributed by atoms with E-state index in [0.717, 1.165) is 29.9 Å². The molecule has 2 atom stereocenters. The van der Waals surface area contributed by atoms with Crippen molar-refractivity contribution in [3.05, 3.63) is 53.6 Å². The monoisotopic (exact) mass is 365 g/mol. The number of rotatable bonds is 4. The quantitative estimate of drug-likeness (QED) is 0.639. The number of benzene rings is 1. The molecule has 1 fully saturated rings. The number of carbonyl (C=O) groups is 1. The van der Waals surface area contributed by atoms with Gasteiger partial charge in [0.05, 0.1) is 0 Å². The molecule has 6 heteroatoms. The summed E-state index contributed by atoms with van der Waals surface area (Å²) >= 11 is 0. The summed E-state index contributed by atoms with van der Waals surface area (Å²) in [6, 6.07) is 13.2. The topological polar surface area (TPSA) is 74.7 Å². The van der Waals surface area contributed by atoms with Crippen LogP contribution in [0.1, 0.15) is 24.5 Å². The lowest BCUT2D eigenvalue weighted by molar-refractivity contribution is -0.119. The lowest BCUT2D eigenvalue weighted by Crippen LogP contribution is -2.35. The molecule has 1 aromatic carbocycles. The minimum absolute atomic E-state index is 0.0257. The molecular weight excluding hydrogens is 342 g/mol. The molecule has 2 N–H and O–H groups in total. The molecule has 0 saturated carbocycles. The number of pyridine rings is 1. The van der Waals surface area contributed by atoms with Gasteiger partial charge in [-0.05, 0) is 37.0 Å². The maximum atomic E-state index is 11.2. The third-order valence-electron chi connectivity index (χ3n) is 4.34. The van der Waals surface area contributed by atoms with Crippen LogP contribution in [0.3, 0.4) is 0 Å². The summed E-state index contributed by atoms with van der Waals surface area (Å²) in [5, 5.41) is 13.0. The number of aromatic nitrogens is 1. The van der Waals surface area contributed by atoms with E-state index in [-0.39, 0.29) is 11.9 Å². The van der Waals surface area contributed by atoms with E-state index in [1.165, 1.54) is 6.92 Å². The second-order valence-corrected chi connectivity index (χ2v) is 6.52. The number of nitrogens with one attached hydrogen (secondary N) is 1. The summed E-state index contributed by atoms with van der Waals surface area (Å²) in [6.45, 7) is 4.99. The summed E-state index contributed by atoms with van der Waals surface area (Å²) in [6.07, 6.45) is -0.394. The number of carbonyl (C=O) groups excluding carboxylic acids is 1. The standard InChI is InChI=1S/C21H23N3O3/c1-15-6-3-4-7-17(15)10-11-21(26)27-20-9-5-8-19(23-20)24-13-12-18(14-24)22-16(2)25/h3-9,18,21,26H,12-14H2,1-2H3,(H,22,25). The zero-order valence-corrected chi connectivity index (χ0v) is 15.5. The first-order valence-corrected chi connectivity index (χ1v) is 8.92. The molecule has 27 heavy (non-hydrogen) atoms. The molecule has 140 valence electrons. The molecule has 1 aliphatic heterocycles. The van der Waals surface area contributed by atoms with Crippen LogP contribution in [0.5, 0.6) is 5.88 Å². The number of nitrogens with zero attached hydrogens (tertiary/aromatic N) is 2. The molecule has 6 nitrogen and oxygen atoms in total. The maximum Gasteiger partial charge on any atom is 0.264 e. The zero-order valence-electron chi connectivity index (χ0n) is 15.5. The van der Waals surface area contributed by atoms with Crippen molar-refractivity contribution in [3.63, 3.8) is 0 Å². The number of anilines is 1. The third-order valence-corrected chi connectivity index (χ3v) is 4.34. The predicted octanol–water partition coefficient (Wildman–Crippen LogP) is 1.85. The largest absolute Gasteiger partial charge is 0.436 e. The smallest absolute Gasteiger partial charge is 0.264 e. The van der Waals surface area contributed by atoms with Crippen molar-refractivity contribution in [2.24, 2.45) is 0 Å². The van der Waals surface area contributed by atoms with Gasteiger partial charge in [0, 0.05) is 37.7 Å². The summed E-state index contributed by atoms with van der Waals surface area (Å²) in [5.41, 5.74) is 1.89. The lowest BCUT2D eigenvalue weighted by atomic mass is 10.1. The van der Waals surface area contributed by atoms with Gasteiger partial charge in [0.1, 0.15) is 5.82 Å². The van der Waals surface area contributed by atoms with Gasteiger partial charge in [0.25, 0.3) is 6.29 Å². The van der Waals surface area contributed by atoms with Gasteiger partial charge in [-0.2, -0.15) is 4.98 Å². The first kappa shape index (κ1) is 18.7. The van der Waals surface area contributed by atoms with Crippen LogP contribution in [0.25, 0.3) is 0 Å². The van der Waals surface area contributed by atoms with Crippen LogP contribution in [0.15, 0.2) is 42.5 Å². The van der Waals surface area contributed by atoms with Gasteiger partial charge >= 0.3 is 0 Å². The first-order chi connectivity index (χ1) is 13.0. The van der Waals surface area contributed by atoms with Crippen LogP contribution in [-0.4, -0.2) is 41.4 Å². The Labute approximate surface area is 159 Å². The molecule has 1 saturated heterocycles. The van der Waals surface area contributed by atoms with E-state index < -0.39 is 6.29 Å². The second kappa shape index (κ2) is 8.56. The molecule has 1 aliphatic rings. The van der Waals surface area contributed by atoms with Crippen molar-refractivity contribution in [2.45, 2.75) is 32.6 Å². The maximum absolute atomic E-state index is 11.2. The van der Waals surface area contributed by atoms with Gasteiger partial charge < -0.3 is 20.1 Å². The number of aryl methyl sites for hydroxylation is 1. The fourth-order valence-electron chi connectivity index (χ4n) is 3.02. The fraction of sp³-hybridized carbons (Fsp3) is 0.333. The van der Waals surface area contributed by atoms with E-state index in [1.807, 2.05) is 43.3 Å². The molecule has 0 bridgehead atoms. The van der Waals surface area contributed by atoms with Crippen molar-refractivity contribution in [1.29, 1.82) is 0 Å². The van der Waals surface area contributed by atoms with E-state index >= 15 is 0 Å². The average Bonchev–Trinajstić information content (AvgIpc) is 3.09. The number of ether oxygens (including phenoxy) is 1. The van der Waals surface area contributed by atoms with Crippen LogP contribution < -0.4 is 15.0 Å². The van der Waals surface area contributed by atoms with Crippen molar-refractivity contribution in [2.75, 3.05) is 18.0 Å². The predicted molar refractivity (Wildman–Crippen MR) is 103 cm³/mol. The van der Waals surface area contributed by atoms with Crippen molar-refractivity contribution < 1.29 is 14.6 Å². The number of hydrogen-bond donors (Lipinski definition) is 2.